The Bertz CT molecular complexity index is 540. The van der Waals surface area contributed by atoms with Gasteiger partial charge in [0.1, 0.15) is 0 Å². The number of hydrogen-bond donors (Lipinski definition) is 2. The fraction of sp³-hybridized carbons (Fsp3) is 0.400. The molecule has 0 amide bonds. The van der Waals surface area contributed by atoms with Gasteiger partial charge in [-0.1, -0.05) is 38.1 Å². The Hall–Kier alpha value is -1.65. The maximum Gasteiger partial charge on any atom is 0.0743 e. The van der Waals surface area contributed by atoms with Gasteiger partial charge in [-0.25, -0.2) is 5.43 Å². The minimum Gasteiger partial charge on any atom is -0.275 e. The van der Waals surface area contributed by atoms with Crippen LogP contribution in [-0.4, -0.2) is 9.78 Å². The minimum absolute atomic E-state index is 0.0186. The van der Waals surface area contributed by atoms with Crippen molar-refractivity contribution >= 4 is 0 Å². The highest BCUT2D eigenvalue weighted by molar-refractivity contribution is 5.34. The molecule has 2 rings (SSSR count). The summed E-state index contributed by atoms with van der Waals surface area (Å²) in [5, 5.41) is 4.37. The lowest BCUT2D eigenvalue weighted by Crippen LogP contribution is -2.29. The number of nitrogens with zero attached hydrogens (tertiary/aromatic N) is 2. The third-order valence-electron chi connectivity index (χ3n) is 3.47. The van der Waals surface area contributed by atoms with E-state index in [1.165, 1.54) is 5.56 Å². The molecule has 1 unspecified atom stereocenters. The van der Waals surface area contributed by atoms with Crippen molar-refractivity contribution in [2.45, 2.75) is 32.7 Å². The summed E-state index contributed by atoms with van der Waals surface area (Å²) in [4.78, 5) is 0. The van der Waals surface area contributed by atoms with Gasteiger partial charge in [0.05, 0.1) is 11.7 Å². The van der Waals surface area contributed by atoms with Crippen molar-refractivity contribution in [1.29, 1.82) is 0 Å². The lowest BCUT2D eigenvalue weighted by Gasteiger charge is -2.16. The van der Waals surface area contributed by atoms with E-state index in [4.69, 9.17) is 5.84 Å². The fourth-order valence-corrected chi connectivity index (χ4v) is 2.34. The Kier molecular flexibility index (Phi) is 4.02. The van der Waals surface area contributed by atoms with Crippen LogP contribution < -0.4 is 11.3 Å². The van der Waals surface area contributed by atoms with Crippen LogP contribution in [0.5, 0.6) is 0 Å². The van der Waals surface area contributed by atoms with Crippen LogP contribution in [0, 0.1) is 6.92 Å². The van der Waals surface area contributed by atoms with Gasteiger partial charge in [0.2, 0.25) is 0 Å². The van der Waals surface area contributed by atoms with Crippen molar-refractivity contribution in [3.63, 3.8) is 0 Å². The lowest BCUT2D eigenvalue weighted by atomic mass is 9.96. The summed E-state index contributed by atoms with van der Waals surface area (Å²) in [5.41, 5.74) is 7.49. The van der Waals surface area contributed by atoms with E-state index in [0.29, 0.717) is 5.92 Å². The number of aryl methyl sites for hydroxylation is 2. The van der Waals surface area contributed by atoms with Gasteiger partial charge >= 0.3 is 0 Å². The molecule has 4 nitrogen and oxygen atoms in total. The van der Waals surface area contributed by atoms with Gasteiger partial charge in [-0.15, -0.1) is 0 Å². The third kappa shape index (κ3) is 2.85. The molecule has 0 spiro atoms. The van der Waals surface area contributed by atoms with Crippen LogP contribution in [0.2, 0.25) is 0 Å². The van der Waals surface area contributed by atoms with Crippen LogP contribution in [0.15, 0.2) is 30.5 Å². The van der Waals surface area contributed by atoms with Gasteiger partial charge in [0, 0.05) is 18.8 Å². The maximum absolute atomic E-state index is 5.73. The van der Waals surface area contributed by atoms with Crippen LogP contribution in [0.25, 0.3) is 0 Å². The fourth-order valence-electron chi connectivity index (χ4n) is 2.34. The van der Waals surface area contributed by atoms with Gasteiger partial charge in [-0.2, -0.15) is 5.10 Å². The first kappa shape index (κ1) is 13.8. The van der Waals surface area contributed by atoms with Crippen LogP contribution in [0.3, 0.4) is 0 Å². The number of nitrogens with two attached hydrogens (primary N) is 1. The normalized spacial score (nSPS) is 12.9. The number of aromatic nitrogens is 2. The second kappa shape index (κ2) is 5.55. The molecule has 0 saturated heterocycles. The van der Waals surface area contributed by atoms with Gasteiger partial charge in [0.15, 0.2) is 0 Å². The molecule has 1 atom stereocenters. The summed E-state index contributed by atoms with van der Waals surface area (Å²) >= 11 is 0. The molecule has 3 N–H and O–H groups in total. The highest BCUT2D eigenvalue weighted by Crippen LogP contribution is 2.25. The molecule has 0 aliphatic rings. The van der Waals surface area contributed by atoms with Crippen molar-refractivity contribution in [2.75, 3.05) is 0 Å². The molecule has 1 heterocycles. The Morgan fingerprint density at radius 1 is 1.16 bits per heavy atom. The summed E-state index contributed by atoms with van der Waals surface area (Å²) < 4.78 is 1.82. The number of rotatable bonds is 4. The summed E-state index contributed by atoms with van der Waals surface area (Å²) in [7, 11) is 1.92. The molecule has 4 heteroatoms. The van der Waals surface area contributed by atoms with Crippen molar-refractivity contribution < 1.29 is 0 Å². The molecule has 0 radical (unpaired) electrons. The predicted molar refractivity (Wildman–Crippen MR) is 77.6 cm³/mol. The van der Waals surface area contributed by atoms with Crippen molar-refractivity contribution in [3.8, 4) is 0 Å². The van der Waals surface area contributed by atoms with E-state index in [9.17, 15) is 0 Å². The smallest absolute Gasteiger partial charge is 0.0743 e. The SMILES string of the molecule is Cc1nn(C)cc1C(NN)c1ccc(C(C)C)cc1. The largest absolute Gasteiger partial charge is 0.275 e. The molecule has 1 aromatic heterocycles. The van der Waals surface area contributed by atoms with E-state index in [2.05, 4.69) is 48.6 Å². The van der Waals surface area contributed by atoms with Crippen LogP contribution >= 0.6 is 0 Å². The third-order valence-corrected chi connectivity index (χ3v) is 3.47. The van der Waals surface area contributed by atoms with Gasteiger partial charge < -0.3 is 0 Å². The van der Waals surface area contributed by atoms with Crippen LogP contribution in [-0.2, 0) is 7.05 Å². The first-order valence-corrected chi connectivity index (χ1v) is 6.59. The van der Waals surface area contributed by atoms with E-state index in [-0.39, 0.29) is 6.04 Å². The summed E-state index contributed by atoms with van der Waals surface area (Å²) in [6.45, 7) is 6.39. The topological polar surface area (TPSA) is 55.9 Å². The Balaban J connectivity index is 2.34. The Morgan fingerprint density at radius 3 is 2.16 bits per heavy atom. The first-order valence-electron chi connectivity index (χ1n) is 6.59. The molecule has 2 aromatic rings. The molecule has 0 bridgehead atoms. The lowest BCUT2D eigenvalue weighted by molar-refractivity contribution is 0.633. The number of hydrazine groups is 1. The molecular formula is C15H22N4. The summed E-state index contributed by atoms with van der Waals surface area (Å²) in [6, 6.07) is 8.57. The number of benzene rings is 1. The molecule has 102 valence electrons. The second-order valence-electron chi connectivity index (χ2n) is 5.26. The zero-order valence-electron chi connectivity index (χ0n) is 12.0. The second-order valence-corrected chi connectivity index (χ2v) is 5.26. The van der Waals surface area contributed by atoms with Gasteiger partial charge in [0.25, 0.3) is 0 Å². The van der Waals surface area contributed by atoms with Crippen molar-refractivity contribution in [3.05, 3.63) is 52.8 Å². The van der Waals surface area contributed by atoms with Gasteiger partial charge in [-0.3, -0.25) is 10.5 Å². The molecule has 0 saturated carbocycles. The number of hydrogen-bond acceptors (Lipinski definition) is 3. The van der Waals surface area contributed by atoms with Crippen LogP contribution in [0.1, 0.15) is 48.2 Å². The molecular weight excluding hydrogens is 236 g/mol. The van der Waals surface area contributed by atoms with E-state index in [0.717, 1.165) is 16.8 Å². The van der Waals surface area contributed by atoms with Gasteiger partial charge in [-0.05, 0) is 24.0 Å². The quantitative estimate of drug-likeness (QED) is 0.654. The molecule has 0 fully saturated rings. The molecule has 0 aliphatic heterocycles. The highest BCUT2D eigenvalue weighted by Gasteiger charge is 2.17. The van der Waals surface area contributed by atoms with E-state index in [1.54, 1.807) is 0 Å². The molecule has 0 aliphatic carbocycles. The molecule has 19 heavy (non-hydrogen) atoms. The summed E-state index contributed by atoms with van der Waals surface area (Å²) in [5.74, 6) is 6.27. The van der Waals surface area contributed by atoms with E-state index >= 15 is 0 Å². The average Bonchev–Trinajstić information content (AvgIpc) is 2.70. The maximum atomic E-state index is 5.73. The van der Waals surface area contributed by atoms with Crippen molar-refractivity contribution in [2.24, 2.45) is 12.9 Å². The average molecular weight is 258 g/mol. The standard InChI is InChI=1S/C15H22N4/c1-10(2)12-5-7-13(8-6-12)15(17-16)14-9-19(4)18-11(14)3/h5-10,15,17H,16H2,1-4H3. The van der Waals surface area contributed by atoms with E-state index < -0.39 is 0 Å². The first-order chi connectivity index (χ1) is 9.02. The Labute approximate surface area is 114 Å². The van der Waals surface area contributed by atoms with Crippen molar-refractivity contribution in [1.82, 2.24) is 15.2 Å². The summed E-state index contributed by atoms with van der Waals surface area (Å²) in [6.07, 6.45) is 2.01. The predicted octanol–water partition coefficient (Wildman–Crippen LogP) is 2.40. The van der Waals surface area contributed by atoms with Crippen LogP contribution in [0.4, 0.5) is 0 Å². The zero-order chi connectivity index (χ0) is 14.0. The number of nitrogens with one attached hydrogen (secondary N) is 1. The monoisotopic (exact) mass is 258 g/mol. The zero-order valence-corrected chi connectivity index (χ0v) is 12.0. The van der Waals surface area contributed by atoms with E-state index in [1.807, 2.05) is 24.9 Å². The minimum atomic E-state index is -0.0186. The Morgan fingerprint density at radius 2 is 1.74 bits per heavy atom. The molecule has 1 aromatic carbocycles. The highest BCUT2D eigenvalue weighted by atomic mass is 15.3.